The molecular formula is C31H39N3O4S. The van der Waals surface area contributed by atoms with Crippen LogP contribution in [-0.4, -0.2) is 43.3 Å². The summed E-state index contributed by atoms with van der Waals surface area (Å²) in [5, 5.41) is 2.98. The van der Waals surface area contributed by atoms with Gasteiger partial charge in [0, 0.05) is 12.1 Å². The number of nitrogens with zero attached hydrogens (tertiary/aromatic N) is 2. The summed E-state index contributed by atoms with van der Waals surface area (Å²) in [4.78, 5) is 29.0. The molecule has 3 aromatic carbocycles. The molecule has 0 spiro atoms. The smallest absolute Gasteiger partial charge is 0.264 e. The summed E-state index contributed by atoms with van der Waals surface area (Å²) in [6.45, 7) is 11.0. The van der Waals surface area contributed by atoms with Gasteiger partial charge >= 0.3 is 0 Å². The Hall–Kier alpha value is -3.65. The van der Waals surface area contributed by atoms with Crippen molar-refractivity contribution in [1.29, 1.82) is 0 Å². The highest BCUT2D eigenvalue weighted by molar-refractivity contribution is 7.92. The Kier molecular flexibility index (Phi) is 9.56. The summed E-state index contributed by atoms with van der Waals surface area (Å²) in [7, 11) is -4.08. The van der Waals surface area contributed by atoms with Gasteiger partial charge in [-0.3, -0.25) is 13.9 Å². The summed E-state index contributed by atoms with van der Waals surface area (Å²) in [5.41, 5.74) is 2.62. The van der Waals surface area contributed by atoms with Crippen LogP contribution >= 0.6 is 0 Å². The molecule has 0 aliphatic rings. The number of sulfonamides is 1. The van der Waals surface area contributed by atoms with Gasteiger partial charge in [-0.05, 0) is 70.9 Å². The molecule has 1 atom stereocenters. The lowest BCUT2D eigenvalue weighted by molar-refractivity contribution is -0.141. The van der Waals surface area contributed by atoms with Crippen molar-refractivity contribution < 1.29 is 18.0 Å². The van der Waals surface area contributed by atoms with E-state index in [9.17, 15) is 18.0 Å². The third-order valence-electron chi connectivity index (χ3n) is 6.29. The van der Waals surface area contributed by atoms with Crippen molar-refractivity contribution in [2.24, 2.45) is 0 Å². The lowest BCUT2D eigenvalue weighted by Crippen LogP contribution is -2.55. The molecule has 0 radical (unpaired) electrons. The fraction of sp³-hybridized carbons (Fsp3) is 0.355. The molecule has 0 heterocycles. The van der Waals surface area contributed by atoms with Gasteiger partial charge in [-0.2, -0.15) is 0 Å². The first-order valence-corrected chi connectivity index (χ1v) is 14.6. The van der Waals surface area contributed by atoms with Crippen molar-refractivity contribution in [3.8, 4) is 0 Å². The quantitative estimate of drug-likeness (QED) is 0.376. The highest BCUT2D eigenvalue weighted by atomic mass is 32.2. The molecule has 0 unspecified atom stereocenters. The summed E-state index contributed by atoms with van der Waals surface area (Å²) < 4.78 is 28.9. The molecule has 3 rings (SSSR count). The van der Waals surface area contributed by atoms with Gasteiger partial charge < -0.3 is 10.2 Å². The van der Waals surface area contributed by atoms with Gasteiger partial charge in [-0.1, -0.05) is 72.6 Å². The van der Waals surface area contributed by atoms with Crippen LogP contribution in [0.2, 0.25) is 0 Å². The molecule has 208 valence electrons. The number of carbonyl (C=O) groups is 2. The average Bonchev–Trinajstić information content (AvgIpc) is 2.87. The van der Waals surface area contributed by atoms with Crippen LogP contribution < -0.4 is 9.62 Å². The first-order valence-electron chi connectivity index (χ1n) is 13.1. The molecule has 2 amide bonds. The monoisotopic (exact) mass is 549 g/mol. The molecule has 0 aromatic heterocycles. The third-order valence-corrected chi connectivity index (χ3v) is 8.08. The van der Waals surface area contributed by atoms with E-state index in [-0.39, 0.29) is 17.3 Å². The summed E-state index contributed by atoms with van der Waals surface area (Å²) >= 11 is 0. The SMILES string of the molecule is CC[C@H](C(=O)NC(C)(C)C)N(Cc1ccccc1)C(=O)CN(c1ccc(C)cc1)S(=O)(=O)c1ccc(C)cc1. The largest absolute Gasteiger partial charge is 0.350 e. The number of carbonyl (C=O) groups excluding carboxylic acids is 2. The highest BCUT2D eigenvalue weighted by Gasteiger charge is 2.34. The fourth-order valence-electron chi connectivity index (χ4n) is 4.23. The molecule has 1 N–H and O–H groups in total. The number of benzene rings is 3. The standard InChI is InChI=1S/C31H39N3O4S/c1-7-28(30(36)32-31(4,5)6)33(21-25-11-9-8-10-12-25)29(35)22-34(26-17-13-23(2)14-18-26)39(37,38)27-19-15-24(3)16-20-27/h8-20,28H,7,21-22H2,1-6H3,(H,32,36)/t28-/m1/s1. The van der Waals surface area contributed by atoms with Crippen LogP contribution in [0.4, 0.5) is 5.69 Å². The third kappa shape index (κ3) is 7.93. The van der Waals surface area contributed by atoms with Crippen molar-refractivity contribution in [3.63, 3.8) is 0 Å². The van der Waals surface area contributed by atoms with Crippen LogP contribution in [0, 0.1) is 13.8 Å². The predicted octanol–water partition coefficient (Wildman–Crippen LogP) is 5.22. The molecule has 7 nitrogen and oxygen atoms in total. The maximum Gasteiger partial charge on any atom is 0.264 e. The predicted molar refractivity (Wildman–Crippen MR) is 156 cm³/mol. The van der Waals surface area contributed by atoms with Crippen LogP contribution in [-0.2, 0) is 26.2 Å². The zero-order valence-corrected chi connectivity index (χ0v) is 24.5. The number of nitrogens with one attached hydrogen (secondary N) is 1. The second kappa shape index (κ2) is 12.5. The molecule has 0 aliphatic heterocycles. The van der Waals surface area contributed by atoms with Gasteiger partial charge in [0.2, 0.25) is 11.8 Å². The second-order valence-electron chi connectivity index (χ2n) is 10.8. The van der Waals surface area contributed by atoms with Gasteiger partial charge in [0.1, 0.15) is 12.6 Å². The number of rotatable bonds is 10. The molecule has 0 fully saturated rings. The van der Waals surface area contributed by atoms with E-state index in [0.29, 0.717) is 12.1 Å². The Morgan fingerprint density at radius 1 is 0.846 bits per heavy atom. The molecule has 0 saturated carbocycles. The fourth-order valence-corrected chi connectivity index (χ4v) is 5.64. The topological polar surface area (TPSA) is 86.8 Å². The molecular weight excluding hydrogens is 510 g/mol. The zero-order valence-electron chi connectivity index (χ0n) is 23.6. The number of amides is 2. The van der Waals surface area contributed by atoms with E-state index in [2.05, 4.69) is 5.32 Å². The Morgan fingerprint density at radius 3 is 1.90 bits per heavy atom. The number of hydrogen-bond donors (Lipinski definition) is 1. The lowest BCUT2D eigenvalue weighted by atomic mass is 10.1. The van der Waals surface area contributed by atoms with Gasteiger partial charge in [0.15, 0.2) is 0 Å². The normalized spacial score (nSPS) is 12.5. The highest BCUT2D eigenvalue weighted by Crippen LogP contribution is 2.25. The minimum absolute atomic E-state index is 0.0913. The van der Waals surface area contributed by atoms with Gasteiger partial charge in [0.05, 0.1) is 10.6 Å². The van der Waals surface area contributed by atoms with Crippen LogP contribution in [0.1, 0.15) is 50.8 Å². The maximum atomic E-state index is 14.0. The second-order valence-corrected chi connectivity index (χ2v) is 12.7. The summed E-state index contributed by atoms with van der Waals surface area (Å²) in [5.74, 6) is -0.747. The van der Waals surface area contributed by atoms with Crippen molar-refractivity contribution in [2.75, 3.05) is 10.8 Å². The van der Waals surface area contributed by atoms with E-state index in [1.54, 1.807) is 36.4 Å². The Bertz CT molecular complexity index is 1360. The zero-order chi connectivity index (χ0) is 28.8. The van der Waals surface area contributed by atoms with Crippen molar-refractivity contribution >= 4 is 27.5 Å². The minimum atomic E-state index is -4.08. The van der Waals surface area contributed by atoms with Crippen molar-refractivity contribution in [2.45, 2.75) is 71.0 Å². The molecule has 39 heavy (non-hydrogen) atoms. The van der Waals surface area contributed by atoms with Gasteiger partial charge in [-0.25, -0.2) is 8.42 Å². The maximum absolute atomic E-state index is 14.0. The minimum Gasteiger partial charge on any atom is -0.350 e. The van der Waals surface area contributed by atoms with Gasteiger partial charge in [0.25, 0.3) is 10.0 Å². The summed E-state index contributed by atoms with van der Waals surface area (Å²) in [6, 6.07) is 22.2. The van der Waals surface area contributed by atoms with E-state index in [4.69, 9.17) is 0 Å². The van der Waals surface area contributed by atoms with Crippen LogP contribution in [0.25, 0.3) is 0 Å². The molecule has 8 heteroatoms. The number of aryl methyl sites for hydroxylation is 2. The Labute approximate surface area is 232 Å². The first kappa shape index (κ1) is 29.9. The number of anilines is 1. The van der Waals surface area contributed by atoms with Gasteiger partial charge in [-0.15, -0.1) is 0 Å². The summed E-state index contributed by atoms with van der Waals surface area (Å²) in [6.07, 6.45) is 0.371. The number of hydrogen-bond acceptors (Lipinski definition) is 4. The first-order chi connectivity index (χ1) is 18.3. The van der Waals surface area contributed by atoms with Crippen molar-refractivity contribution in [1.82, 2.24) is 10.2 Å². The molecule has 0 aliphatic carbocycles. The van der Waals surface area contributed by atoms with E-state index in [1.165, 1.54) is 4.90 Å². The molecule has 0 saturated heterocycles. The Balaban J connectivity index is 2.05. The van der Waals surface area contributed by atoms with E-state index >= 15 is 0 Å². The van der Waals surface area contributed by atoms with E-state index < -0.39 is 34.1 Å². The van der Waals surface area contributed by atoms with Crippen molar-refractivity contribution in [3.05, 3.63) is 95.6 Å². The van der Waals surface area contributed by atoms with Crippen LogP contribution in [0.3, 0.4) is 0 Å². The lowest BCUT2D eigenvalue weighted by Gasteiger charge is -2.34. The van der Waals surface area contributed by atoms with Crippen LogP contribution in [0.5, 0.6) is 0 Å². The molecule has 0 bridgehead atoms. The Morgan fingerprint density at radius 2 is 1.38 bits per heavy atom. The molecule has 3 aromatic rings. The average molecular weight is 550 g/mol. The van der Waals surface area contributed by atoms with E-state index in [1.807, 2.05) is 84.0 Å². The van der Waals surface area contributed by atoms with Crippen LogP contribution in [0.15, 0.2) is 83.8 Å². The van der Waals surface area contributed by atoms with E-state index in [0.717, 1.165) is 21.0 Å².